The van der Waals surface area contributed by atoms with Crippen LogP contribution >= 0.6 is 11.6 Å². The van der Waals surface area contributed by atoms with Crippen molar-refractivity contribution in [1.82, 2.24) is 9.88 Å². The molecule has 2 aliphatic rings. The number of carbonyl (C=O) groups excluding carboxylic acids is 1. The van der Waals surface area contributed by atoms with Gasteiger partial charge in [0.2, 0.25) is 6.41 Å². The van der Waals surface area contributed by atoms with Gasteiger partial charge in [-0.05, 0) is 41.0 Å². The van der Waals surface area contributed by atoms with Crippen molar-refractivity contribution >= 4 is 29.5 Å². The van der Waals surface area contributed by atoms with Gasteiger partial charge >= 0.3 is 6.18 Å². The molecule has 10 heteroatoms. The number of aromatic nitrogens is 1. The summed E-state index contributed by atoms with van der Waals surface area (Å²) in [6, 6.07) is 13.5. The summed E-state index contributed by atoms with van der Waals surface area (Å²) >= 11 is 6.04. The SMILES string of the molecule is O=CN1CCOC(c2ccc(-c3cnc4c(c3)N(Cc3cc(Cl)ccc3C(F)(F)F)CCN4)cc2)C1. The summed E-state index contributed by atoms with van der Waals surface area (Å²) in [4.78, 5) is 19.2. The Hall–Kier alpha value is -3.30. The number of rotatable bonds is 5. The Bertz CT molecular complexity index is 1250. The van der Waals surface area contributed by atoms with E-state index in [2.05, 4.69) is 10.3 Å². The number of morpholine rings is 1. The molecule has 1 fully saturated rings. The molecule has 1 saturated heterocycles. The maximum absolute atomic E-state index is 13.6. The normalized spacial score (nSPS) is 17.9. The standard InChI is InChI=1S/C26H24ClF3N4O2/c27-21-5-6-22(26(28,29)30)20(11-21)14-34-8-7-31-25-23(34)12-19(13-32-25)17-1-3-18(4-2-17)24-15-33(16-35)9-10-36-24/h1-6,11-13,16,24H,7-10,14-15H2,(H,31,32). The van der Waals surface area contributed by atoms with Crippen LogP contribution in [0.25, 0.3) is 11.1 Å². The van der Waals surface area contributed by atoms with Crippen molar-refractivity contribution in [3.8, 4) is 11.1 Å². The van der Waals surface area contributed by atoms with Gasteiger partial charge in [-0.2, -0.15) is 13.2 Å². The molecule has 1 unspecified atom stereocenters. The number of nitrogens with one attached hydrogen (secondary N) is 1. The smallest absolute Gasteiger partial charge is 0.370 e. The molecule has 0 saturated carbocycles. The van der Waals surface area contributed by atoms with Crippen LogP contribution in [0.4, 0.5) is 24.7 Å². The van der Waals surface area contributed by atoms with Crippen LogP contribution in [0.2, 0.25) is 5.02 Å². The molecule has 1 amide bonds. The second-order valence-electron chi connectivity index (χ2n) is 8.82. The molecule has 5 rings (SSSR count). The number of amides is 1. The van der Waals surface area contributed by atoms with Crippen molar-refractivity contribution in [3.05, 3.63) is 76.4 Å². The molecule has 188 valence electrons. The lowest BCUT2D eigenvalue weighted by atomic mass is 10.0. The van der Waals surface area contributed by atoms with E-state index in [9.17, 15) is 18.0 Å². The Labute approximate surface area is 211 Å². The van der Waals surface area contributed by atoms with Crippen molar-refractivity contribution < 1.29 is 22.7 Å². The molecule has 3 aromatic rings. The first-order valence-electron chi connectivity index (χ1n) is 11.6. The predicted molar refractivity (Wildman–Crippen MR) is 132 cm³/mol. The zero-order valence-corrected chi connectivity index (χ0v) is 20.0. The molecule has 0 aliphatic carbocycles. The largest absolute Gasteiger partial charge is 0.416 e. The fraction of sp³-hybridized carbons (Fsp3) is 0.308. The minimum Gasteiger partial charge on any atom is -0.370 e. The first-order chi connectivity index (χ1) is 17.3. The molecular formula is C26H24ClF3N4O2. The number of anilines is 2. The number of hydrogen-bond donors (Lipinski definition) is 1. The van der Waals surface area contributed by atoms with Crippen LogP contribution in [0.1, 0.15) is 22.8 Å². The summed E-state index contributed by atoms with van der Waals surface area (Å²) in [6.45, 7) is 2.73. The predicted octanol–water partition coefficient (Wildman–Crippen LogP) is 5.38. The second-order valence-corrected chi connectivity index (χ2v) is 9.26. The minimum atomic E-state index is -4.47. The van der Waals surface area contributed by atoms with Gasteiger partial charge in [0.1, 0.15) is 11.9 Å². The lowest BCUT2D eigenvalue weighted by Gasteiger charge is -2.32. The number of halogens is 4. The van der Waals surface area contributed by atoms with Crippen molar-refractivity contribution in [2.24, 2.45) is 0 Å². The van der Waals surface area contributed by atoms with Crippen LogP contribution in [0, 0.1) is 0 Å². The highest BCUT2D eigenvalue weighted by molar-refractivity contribution is 6.30. The van der Waals surface area contributed by atoms with Crippen LogP contribution < -0.4 is 10.2 Å². The third-order valence-electron chi connectivity index (χ3n) is 6.48. The number of nitrogens with zero attached hydrogens (tertiary/aromatic N) is 3. The number of ether oxygens (including phenoxy) is 1. The molecular weight excluding hydrogens is 493 g/mol. The van der Waals surface area contributed by atoms with E-state index in [1.165, 1.54) is 12.1 Å². The number of benzene rings is 2. The van der Waals surface area contributed by atoms with Crippen molar-refractivity contribution in [3.63, 3.8) is 0 Å². The van der Waals surface area contributed by atoms with E-state index in [0.717, 1.165) is 34.9 Å². The number of pyridine rings is 1. The minimum absolute atomic E-state index is 0.0560. The average Bonchev–Trinajstić information content (AvgIpc) is 2.88. The molecule has 1 atom stereocenters. The van der Waals surface area contributed by atoms with Crippen molar-refractivity contribution in [2.45, 2.75) is 18.8 Å². The van der Waals surface area contributed by atoms with Gasteiger partial charge in [0.25, 0.3) is 0 Å². The summed E-state index contributed by atoms with van der Waals surface area (Å²) in [5, 5.41) is 3.49. The van der Waals surface area contributed by atoms with Crippen LogP contribution in [-0.4, -0.2) is 49.1 Å². The fourth-order valence-electron chi connectivity index (χ4n) is 4.61. The average molecular weight is 517 g/mol. The summed E-state index contributed by atoms with van der Waals surface area (Å²) in [7, 11) is 0. The molecule has 0 bridgehead atoms. The van der Waals surface area contributed by atoms with Gasteiger partial charge in [-0.3, -0.25) is 4.79 Å². The lowest BCUT2D eigenvalue weighted by Crippen LogP contribution is -2.37. The molecule has 2 aliphatic heterocycles. The van der Waals surface area contributed by atoms with E-state index in [1.54, 1.807) is 11.1 Å². The summed E-state index contributed by atoms with van der Waals surface area (Å²) in [6.07, 6.45) is -2.07. The van der Waals surface area contributed by atoms with Crippen LogP contribution in [-0.2, 0) is 22.3 Å². The van der Waals surface area contributed by atoms with Gasteiger partial charge in [0, 0.05) is 43.0 Å². The van der Waals surface area contributed by atoms with Crippen molar-refractivity contribution in [1.29, 1.82) is 0 Å². The van der Waals surface area contributed by atoms with Crippen LogP contribution in [0.3, 0.4) is 0 Å². The zero-order valence-electron chi connectivity index (χ0n) is 19.3. The number of fused-ring (bicyclic) bond motifs is 1. The highest BCUT2D eigenvalue weighted by atomic mass is 35.5. The molecule has 0 radical (unpaired) electrons. The molecule has 1 aromatic heterocycles. The maximum atomic E-state index is 13.6. The summed E-state index contributed by atoms with van der Waals surface area (Å²) in [5.41, 5.74) is 2.89. The lowest BCUT2D eigenvalue weighted by molar-refractivity contribution is -0.138. The second kappa shape index (κ2) is 9.99. The fourth-order valence-corrected chi connectivity index (χ4v) is 4.81. The number of hydrogen-bond acceptors (Lipinski definition) is 5. The topological polar surface area (TPSA) is 57.7 Å². The van der Waals surface area contributed by atoms with E-state index < -0.39 is 11.7 Å². The summed E-state index contributed by atoms with van der Waals surface area (Å²) in [5.74, 6) is 0.627. The molecule has 3 heterocycles. The Morgan fingerprint density at radius 2 is 1.92 bits per heavy atom. The molecule has 6 nitrogen and oxygen atoms in total. The molecule has 36 heavy (non-hydrogen) atoms. The van der Waals surface area contributed by atoms with Gasteiger partial charge in [-0.15, -0.1) is 0 Å². The molecule has 0 spiro atoms. The third-order valence-corrected chi connectivity index (χ3v) is 6.71. The maximum Gasteiger partial charge on any atom is 0.416 e. The van der Waals surface area contributed by atoms with E-state index in [0.29, 0.717) is 38.6 Å². The van der Waals surface area contributed by atoms with E-state index in [-0.39, 0.29) is 23.2 Å². The Morgan fingerprint density at radius 3 is 2.67 bits per heavy atom. The third kappa shape index (κ3) is 5.12. The van der Waals surface area contributed by atoms with E-state index >= 15 is 0 Å². The number of alkyl halides is 3. The number of carbonyl (C=O) groups is 1. The van der Waals surface area contributed by atoms with Gasteiger partial charge in [-0.1, -0.05) is 35.9 Å². The first-order valence-corrected chi connectivity index (χ1v) is 12.0. The van der Waals surface area contributed by atoms with Crippen LogP contribution in [0.5, 0.6) is 0 Å². The van der Waals surface area contributed by atoms with E-state index in [4.69, 9.17) is 16.3 Å². The monoisotopic (exact) mass is 516 g/mol. The van der Waals surface area contributed by atoms with E-state index in [1.807, 2.05) is 35.2 Å². The zero-order chi connectivity index (χ0) is 25.3. The summed E-state index contributed by atoms with van der Waals surface area (Å²) < 4.78 is 46.6. The van der Waals surface area contributed by atoms with Gasteiger partial charge in [0.05, 0.1) is 24.4 Å². The van der Waals surface area contributed by atoms with Crippen molar-refractivity contribution in [2.75, 3.05) is 43.0 Å². The van der Waals surface area contributed by atoms with Gasteiger partial charge < -0.3 is 19.9 Å². The Balaban J connectivity index is 1.41. The van der Waals surface area contributed by atoms with Gasteiger partial charge in [0.15, 0.2) is 0 Å². The molecule has 1 N–H and O–H groups in total. The quantitative estimate of drug-likeness (QED) is 0.461. The van der Waals surface area contributed by atoms with Gasteiger partial charge in [-0.25, -0.2) is 4.98 Å². The molecule has 2 aromatic carbocycles. The highest BCUT2D eigenvalue weighted by Crippen LogP contribution is 2.37. The highest BCUT2D eigenvalue weighted by Gasteiger charge is 2.34. The Kier molecular flexibility index (Phi) is 6.77. The Morgan fingerprint density at radius 1 is 1.11 bits per heavy atom. The first kappa shape index (κ1) is 24.4. The van der Waals surface area contributed by atoms with Crippen LogP contribution in [0.15, 0.2) is 54.7 Å².